The molecule has 0 saturated heterocycles. The summed E-state index contributed by atoms with van der Waals surface area (Å²) < 4.78 is 30.5. The fourth-order valence-corrected chi connectivity index (χ4v) is 4.23. The molecule has 0 heterocycles. The minimum absolute atomic E-state index is 0.112. The van der Waals surface area contributed by atoms with Crippen LogP contribution >= 0.6 is 0 Å². The van der Waals surface area contributed by atoms with Gasteiger partial charge in [-0.15, -0.1) is 0 Å². The summed E-state index contributed by atoms with van der Waals surface area (Å²) in [7, 11) is -3.67. The lowest BCUT2D eigenvalue weighted by atomic mass is 10.0. The van der Waals surface area contributed by atoms with Crippen molar-refractivity contribution in [3.63, 3.8) is 0 Å². The monoisotopic (exact) mass is 388 g/mol. The molecule has 0 aliphatic rings. The molecular formula is C23H32O3S. The van der Waals surface area contributed by atoms with Crippen LogP contribution in [0.5, 0.6) is 5.75 Å². The third-order valence-corrected chi connectivity index (χ3v) is 5.71. The van der Waals surface area contributed by atoms with Gasteiger partial charge in [0.05, 0.1) is 0 Å². The molecule has 148 valence electrons. The Labute approximate surface area is 164 Å². The summed E-state index contributed by atoms with van der Waals surface area (Å²) in [6.45, 7) is 4.37. The summed E-state index contributed by atoms with van der Waals surface area (Å²) in [5, 5.41) is 0. The van der Waals surface area contributed by atoms with E-state index in [1.54, 1.807) is 12.1 Å². The van der Waals surface area contributed by atoms with Gasteiger partial charge in [-0.2, -0.15) is 8.42 Å². The molecule has 0 spiro atoms. The molecule has 4 heteroatoms. The van der Waals surface area contributed by atoms with E-state index in [9.17, 15) is 8.42 Å². The van der Waals surface area contributed by atoms with Crippen molar-refractivity contribution in [1.29, 1.82) is 0 Å². The Balaban J connectivity index is 2.14. The maximum atomic E-state index is 12.5. The van der Waals surface area contributed by atoms with Crippen LogP contribution in [0, 0.1) is 0 Å². The number of benzene rings is 2. The zero-order chi connectivity index (χ0) is 19.5. The van der Waals surface area contributed by atoms with Crippen LogP contribution in [0.4, 0.5) is 0 Å². The van der Waals surface area contributed by atoms with Crippen LogP contribution in [0.3, 0.4) is 0 Å². The number of hydrogen-bond acceptors (Lipinski definition) is 3. The van der Waals surface area contributed by atoms with E-state index in [4.69, 9.17) is 4.18 Å². The lowest BCUT2D eigenvalue weighted by molar-refractivity contribution is 0.484. The zero-order valence-corrected chi connectivity index (χ0v) is 17.4. The molecule has 2 rings (SSSR count). The van der Waals surface area contributed by atoms with Crippen molar-refractivity contribution in [2.75, 3.05) is 0 Å². The second-order valence-corrected chi connectivity index (χ2v) is 8.74. The molecule has 2 aromatic rings. The van der Waals surface area contributed by atoms with Gasteiger partial charge < -0.3 is 4.18 Å². The van der Waals surface area contributed by atoms with Gasteiger partial charge in [-0.3, -0.25) is 0 Å². The van der Waals surface area contributed by atoms with Gasteiger partial charge in [0.15, 0.2) is 0 Å². The summed E-state index contributed by atoms with van der Waals surface area (Å²) in [6.07, 6.45) is 8.87. The lowest BCUT2D eigenvalue weighted by Crippen LogP contribution is -2.12. The third kappa shape index (κ3) is 8.17. The van der Waals surface area contributed by atoms with Gasteiger partial charge in [0.25, 0.3) is 0 Å². The topological polar surface area (TPSA) is 43.4 Å². The minimum atomic E-state index is -3.67. The van der Waals surface area contributed by atoms with E-state index in [0.29, 0.717) is 5.75 Å². The average Bonchev–Trinajstić information content (AvgIpc) is 2.62. The molecular weight excluding hydrogens is 356 g/mol. The number of hydrogen-bond donors (Lipinski definition) is 0. The highest BCUT2D eigenvalue weighted by molar-refractivity contribution is 7.86. The second-order valence-electron chi connectivity index (χ2n) is 7.17. The maximum absolute atomic E-state index is 12.5. The van der Waals surface area contributed by atoms with Crippen molar-refractivity contribution < 1.29 is 12.6 Å². The molecule has 0 aliphatic carbocycles. The Morgan fingerprint density at radius 3 is 1.81 bits per heavy atom. The van der Waals surface area contributed by atoms with E-state index in [1.165, 1.54) is 36.8 Å². The van der Waals surface area contributed by atoms with Crippen LogP contribution in [0.15, 0.2) is 48.5 Å². The first-order valence-corrected chi connectivity index (χ1v) is 11.7. The summed E-state index contributed by atoms with van der Waals surface area (Å²) in [5.41, 5.74) is 3.07. The van der Waals surface area contributed by atoms with Gasteiger partial charge in [0.1, 0.15) is 11.5 Å². The molecule has 0 N–H and O–H groups in total. The molecule has 0 atom stereocenters. The molecule has 2 aromatic carbocycles. The molecule has 0 aliphatic heterocycles. The fraction of sp³-hybridized carbons (Fsp3) is 0.478. The van der Waals surface area contributed by atoms with Crippen LogP contribution in [-0.2, 0) is 28.7 Å². The normalized spacial score (nSPS) is 11.5. The fourth-order valence-electron chi connectivity index (χ4n) is 3.18. The quantitative estimate of drug-likeness (QED) is 0.328. The van der Waals surface area contributed by atoms with Crippen LogP contribution in [0.2, 0.25) is 0 Å². The number of rotatable bonds is 12. The van der Waals surface area contributed by atoms with Crippen LogP contribution in [-0.4, -0.2) is 8.42 Å². The average molecular weight is 389 g/mol. The Morgan fingerprint density at radius 1 is 0.741 bits per heavy atom. The van der Waals surface area contributed by atoms with Gasteiger partial charge in [-0.25, -0.2) is 0 Å². The molecule has 0 aromatic heterocycles. The van der Waals surface area contributed by atoms with Crippen molar-refractivity contribution in [1.82, 2.24) is 0 Å². The van der Waals surface area contributed by atoms with Gasteiger partial charge in [0, 0.05) is 0 Å². The minimum Gasteiger partial charge on any atom is -0.382 e. The van der Waals surface area contributed by atoms with E-state index in [0.717, 1.165) is 31.2 Å². The second kappa shape index (κ2) is 11.1. The molecule has 0 amide bonds. The highest BCUT2D eigenvalue weighted by Gasteiger charge is 2.15. The number of unbranched alkanes of at least 4 members (excludes halogenated alkanes) is 4. The maximum Gasteiger partial charge on any atom is 0.313 e. The predicted octanol–water partition coefficient (Wildman–Crippen LogP) is 6.06. The highest BCUT2D eigenvalue weighted by Crippen LogP contribution is 2.23. The standard InChI is InChI=1S/C23H32O3S/c1-3-5-8-14-21-16-22(15-9-6-4-2)18-23(17-21)26-27(24,25)19-20-12-10-7-11-13-20/h7,10-13,16-18H,3-6,8-9,14-15,19H2,1-2H3. The number of aryl methyl sites for hydroxylation is 2. The van der Waals surface area contributed by atoms with E-state index in [2.05, 4.69) is 19.9 Å². The molecule has 0 saturated carbocycles. The highest BCUT2D eigenvalue weighted by atomic mass is 32.2. The Hall–Kier alpha value is -1.81. The largest absolute Gasteiger partial charge is 0.382 e. The van der Waals surface area contributed by atoms with E-state index >= 15 is 0 Å². The van der Waals surface area contributed by atoms with Crippen molar-refractivity contribution in [2.24, 2.45) is 0 Å². The summed E-state index contributed by atoms with van der Waals surface area (Å²) in [5.74, 6) is 0.338. The third-order valence-electron chi connectivity index (χ3n) is 4.57. The first-order chi connectivity index (χ1) is 13.0. The first-order valence-electron chi connectivity index (χ1n) is 10.1. The summed E-state index contributed by atoms with van der Waals surface area (Å²) >= 11 is 0. The van der Waals surface area contributed by atoms with Crippen molar-refractivity contribution in [3.05, 3.63) is 65.2 Å². The van der Waals surface area contributed by atoms with Crippen molar-refractivity contribution >= 4 is 10.1 Å². The molecule has 0 radical (unpaired) electrons. The van der Waals surface area contributed by atoms with Crippen molar-refractivity contribution in [2.45, 2.75) is 71.0 Å². The predicted molar refractivity (Wildman–Crippen MR) is 113 cm³/mol. The molecule has 0 unspecified atom stereocenters. The van der Waals surface area contributed by atoms with Gasteiger partial charge in [-0.1, -0.05) is 75.9 Å². The summed E-state index contributed by atoms with van der Waals surface area (Å²) in [4.78, 5) is 0. The molecule has 0 fully saturated rings. The van der Waals surface area contributed by atoms with Gasteiger partial charge in [-0.05, 0) is 54.5 Å². The van der Waals surface area contributed by atoms with Gasteiger partial charge in [0.2, 0.25) is 0 Å². The Morgan fingerprint density at radius 2 is 1.30 bits per heavy atom. The molecule has 0 bridgehead atoms. The van der Waals surface area contributed by atoms with Gasteiger partial charge >= 0.3 is 10.1 Å². The van der Waals surface area contributed by atoms with E-state index in [-0.39, 0.29) is 5.75 Å². The lowest BCUT2D eigenvalue weighted by Gasteiger charge is -2.12. The van der Waals surface area contributed by atoms with Crippen LogP contribution < -0.4 is 4.18 Å². The first kappa shape index (κ1) is 21.5. The zero-order valence-electron chi connectivity index (χ0n) is 16.6. The molecule has 27 heavy (non-hydrogen) atoms. The Kier molecular flexibility index (Phi) is 8.86. The SMILES string of the molecule is CCCCCc1cc(CCCCC)cc(OS(=O)(=O)Cc2ccccc2)c1. The van der Waals surface area contributed by atoms with Crippen LogP contribution in [0.1, 0.15) is 69.1 Å². The Bertz CT molecular complexity index is 754. The van der Waals surface area contributed by atoms with E-state index < -0.39 is 10.1 Å². The smallest absolute Gasteiger partial charge is 0.313 e. The van der Waals surface area contributed by atoms with Crippen LogP contribution in [0.25, 0.3) is 0 Å². The summed E-state index contributed by atoms with van der Waals surface area (Å²) in [6, 6.07) is 15.1. The van der Waals surface area contributed by atoms with E-state index in [1.807, 2.05) is 30.3 Å². The van der Waals surface area contributed by atoms with Crippen molar-refractivity contribution in [3.8, 4) is 5.75 Å². The molecule has 3 nitrogen and oxygen atoms in total.